The van der Waals surface area contributed by atoms with E-state index in [1.165, 1.54) is 18.2 Å². The van der Waals surface area contributed by atoms with Crippen LogP contribution in [0, 0.1) is 11.8 Å². The molecule has 1 aliphatic rings. The Morgan fingerprint density at radius 2 is 2.14 bits per heavy atom. The van der Waals surface area contributed by atoms with E-state index in [9.17, 15) is 8.78 Å². The number of hydrogen-bond donors (Lipinski definition) is 0. The molecule has 0 spiro atoms. The number of ether oxygens (including phenoxy) is 1. The molecular formula is C16H15BrF2N2O. The lowest BCUT2D eigenvalue weighted by Gasteiger charge is -2.17. The Labute approximate surface area is 136 Å². The Hall–Kier alpha value is -1.53. The second-order valence-corrected chi connectivity index (χ2v) is 6.15. The first-order valence-corrected chi connectivity index (χ1v) is 7.85. The van der Waals surface area contributed by atoms with Gasteiger partial charge in [-0.1, -0.05) is 28.1 Å². The zero-order valence-corrected chi connectivity index (χ0v) is 13.4. The van der Waals surface area contributed by atoms with E-state index in [-0.39, 0.29) is 11.9 Å². The molecule has 0 N–H and O–H groups in total. The van der Waals surface area contributed by atoms with Gasteiger partial charge in [0, 0.05) is 30.2 Å². The molecule has 0 amide bonds. The minimum atomic E-state index is -0.539. The largest absolute Gasteiger partial charge is 0.473 e. The van der Waals surface area contributed by atoms with Crippen molar-refractivity contribution in [3.05, 3.63) is 58.2 Å². The number of likely N-dealkylation sites (tertiary alicyclic amines) is 1. The van der Waals surface area contributed by atoms with Gasteiger partial charge in [0.15, 0.2) is 0 Å². The van der Waals surface area contributed by atoms with Gasteiger partial charge < -0.3 is 4.74 Å². The molecule has 2 heterocycles. The topological polar surface area (TPSA) is 25.4 Å². The van der Waals surface area contributed by atoms with Crippen molar-refractivity contribution >= 4 is 15.9 Å². The van der Waals surface area contributed by atoms with Crippen LogP contribution < -0.4 is 4.74 Å². The van der Waals surface area contributed by atoms with Gasteiger partial charge in [-0.2, -0.15) is 9.37 Å². The summed E-state index contributed by atoms with van der Waals surface area (Å²) in [6.45, 7) is 2.34. The van der Waals surface area contributed by atoms with E-state index in [4.69, 9.17) is 4.74 Å². The Morgan fingerprint density at radius 3 is 2.91 bits per heavy atom. The van der Waals surface area contributed by atoms with Crippen molar-refractivity contribution in [3.63, 3.8) is 0 Å². The fraction of sp³-hybridized carbons (Fsp3) is 0.312. The molecular weight excluding hydrogens is 354 g/mol. The van der Waals surface area contributed by atoms with Gasteiger partial charge in [0.1, 0.15) is 11.9 Å². The summed E-state index contributed by atoms with van der Waals surface area (Å²) in [4.78, 5) is 5.94. The average Bonchev–Trinajstić information content (AvgIpc) is 2.89. The highest BCUT2D eigenvalue weighted by molar-refractivity contribution is 9.10. The third kappa shape index (κ3) is 3.81. The van der Waals surface area contributed by atoms with Crippen LogP contribution >= 0.6 is 15.9 Å². The molecule has 3 rings (SSSR count). The quantitative estimate of drug-likeness (QED) is 0.768. The summed E-state index contributed by atoms with van der Waals surface area (Å²) in [6.07, 6.45) is 0.852. The molecule has 0 saturated carbocycles. The third-order valence-electron chi connectivity index (χ3n) is 3.62. The molecule has 0 radical (unpaired) electrons. The van der Waals surface area contributed by atoms with Gasteiger partial charge in [-0.15, -0.1) is 0 Å². The normalized spacial score (nSPS) is 18.6. The monoisotopic (exact) mass is 368 g/mol. The van der Waals surface area contributed by atoms with Crippen LogP contribution in [0.1, 0.15) is 12.0 Å². The van der Waals surface area contributed by atoms with Crippen LogP contribution in [-0.4, -0.2) is 29.1 Å². The van der Waals surface area contributed by atoms with Crippen molar-refractivity contribution in [1.82, 2.24) is 9.88 Å². The van der Waals surface area contributed by atoms with E-state index < -0.39 is 5.95 Å². The first-order chi connectivity index (χ1) is 10.6. The van der Waals surface area contributed by atoms with Crippen molar-refractivity contribution in [3.8, 4) is 5.88 Å². The van der Waals surface area contributed by atoms with Crippen LogP contribution in [0.3, 0.4) is 0 Å². The first kappa shape index (κ1) is 15.4. The van der Waals surface area contributed by atoms with Gasteiger partial charge in [-0.05, 0) is 30.2 Å². The molecule has 116 valence electrons. The van der Waals surface area contributed by atoms with Crippen LogP contribution in [0.4, 0.5) is 8.78 Å². The van der Waals surface area contributed by atoms with Crippen molar-refractivity contribution in [2.75, 3.05) is 13.1 Å². The highest BCUT2D eigenvalue weighted by Gasteiger charge is 2.24. The zero-order chi connectivity index (χ0) is 15.5. The number of halogens is 3. The summed E-state index contributed by atoms with van der Waals surface area (Å²) in [6, 6.07) is 9.24. The number of hydrogen-bond acceptors (Lipinski definition) is 3. The zero-order valence-electron chi connectivity index (χ0n) is 11.8. The Bertz CT molecular complexity index is 668. The van der Waals surface area contributed by atoms with Gasteiger partial charge in [0.25, 0.3) is 0 Å². The summed E-state index contributed by atoms with van der Waals surface area (Å²) in [5.41, 5.74) is 1.03. The number of pyridine rings is 1. The Balaban J connectivity index is 1.58. The molecule has 1 fully saturated rings. The Morgan fingerprint density at radius 1 is 1.27 bits per heavy atom. The summed E-state index contributed by atoms with van der Waals surface area (Å²) in [5.74, 6) is -0.479. The lowest BCUT2D eigenvalue weighted by atomic mass is 10.2. The van der Waals surface area contributed by atoms with Crippen LogP contribution in [0.15, 0.2) is 40.9 Å². The maximum atomic E-state index is 13.1. The van der Waals surface area contributed by atoms with Crippen LogP contribution in [0.5, 0.6) is 5.88 Å². The summed E-state index contributed by atoms with van der Waals surface area (Å²) in [7, 11) is 0. The highest BCUT2D eigenvalue weighted by Crippen LogP contribution is 2.23. The van der Waals surface area contributed by atoms with Crippen molar-refractivity contribution in [2.24, 2.45) is 0 Å². The van der Waals surface area contributed by atoms with Crippen LogP contribution in [0.2, 0.25) is 0 Å². The molecule has 1 aromatic carbocycles. The first-order valence-electron chi connectivity index (χ1n) is 7.05. The molecule has 3 nitrogen and oxygen atoms in total. The number of rotatable bonds is 4. The molecule has 1 atom stereocenters. The Kier molecular flexibility index (Phi) is 4.69. The van der Waals surface area contributed by atoms with Crippen LogP contribution in [0.25, 0.3) is 0 Å². The smallest absolute Gasteiger partial charge is 0.216 e. The third-order valence-corrected chi connectivity index (χ3v) is 4.35. The van der Waals surface area contributed by atoms with Crippen molar-refractivity contribution in [1.29, 1.82) is 0 Å². The van der Waals surface area contributed by atoms with E-state index in [0.717, 1.165) is 36.1 Å². The lowest BCUT2D eigenvalue weighted by molar-refractivity contribution is 0.189. The molecule has 1 unspecified atom stereocenters. The summed E-state index contributed by atoms with van der Waals surface area (Å²) in [5, 5.41) is 0. The highest BCUT2D eigenvalue weighted by atomic mass is 79.9. The van der Waals surface area contributed by atoms with Gasteiger partial charge in [0.05, 0.1) is 0 Å². The summed E-state index contributed by atoms with van der Waals surface area (Å²) < 4.78 is 32.6. The molecule has 22 heavy (non-hydrogen) atoms. The van der Waals surface area contributed by atoms with Gasteiger partial charge >= 0.3 is 0 Å². The standard InChI is InChI=1S/C16H15BrF2N2O/c17-14-8-12(18)5-4-11(14)9-21-7-6-13(10-21)22-16-3-1-2-15(19)20-16/h1-5,8,13H,6-7,9-10H2. The molecule has 0 bridgehead atoms. The molecule has 6 heteroatoms. The van der Waals surface area contributed by atoms with Crippen LogP contribution in [-0.2, 0) is 6.54 Å². The number of aromatic nitrogens is 1. The number of nitrogens with zero attached hydrogens (tertiary/aromatic N) is 2. The lowest BCUT2D eigenvalue weighted by Crippen LogP contribution is -2.25. The summed E-state index contributed by atoms with van der Waals surface area (Å²) >= 11 is 3.38. The minimum absolute atomic E-state index is 0.00600. The SMILES string of the molecule is Fc1ccc(CN2CCC(Oc3cccc(F)n3)C2)c(Br)c1. The molecule has 1 aromatic heterocycles. The van der Waals surface area contributed by atoms with E-state index in [1.807, 2.05) is 0 Å². The number of benzene rings is 1. The predicted octanol–water partition coefficient (Wildman–Crippen LogP) is 3.78. The van der Waals surface area contributed by atoms with Crippen molar-refractivity contribution in [2.45, 2.75) is 19.1 Å². The molecule has 1 saturated heterocycles. The second kappa shape index (κ2) is 6.71. The average molecular weight is 369 g/mol. The maximum Gasteiger partial charge on any atom is 0.216 e. The fourth-order valence-electron chi connectivity index (χ4n) is 2.55. The van der Waals surface area contributed by atoms with E-state index in [1.54, 1.807) is 18.2 Å². The maximum absolute atomic E-state index is 13.1. The minimum Gasteiger partial charge on any atom is -0.473 e. The van der Waals surface area contributed by atoms with Gasteiger partial charge in [-0.25, -0.2) is 4.39 Å². The fourth-order valence-corrected chi connectivity index (χ4v) is 3.03. The molecule has 0 aliphatic carbocycles. The molecule has 1 aliphatic heterocycles. The van der Waals surface area contributed by atoms with Crippen molar-refractivity contribution < 1.29 is 13.5 Å². The van der Waals surface area contributed by atoms with E-state index in [0.29, 0.717) is 5.88 Å². The van der Waals surface area contributed by atoms with Gasteiger partial charge in [0.2, 0.25) is 11.8 Å². The second-order valence-electron chi connectivity index (χ2n) is 5.30. The van der Waals surface area contributed by atoms with Gasteiger partial charge in [-0.3, -0.25) is 4.90 Å². The van der Waals surface area contributed by atoms with E-state index >= 15 is 0 Å². The molecule has 2 aromatic rings. The van der Waals surface area contributed by atoms with E-state index in [2.05, 4.69) is 25.8 Å². The predicted molar refractivity (Wildman–Crippen MR) is 82.6 cm³/mol.